The predicted octanol–water partition coefficient (Wildman–Crippen LogP) is 1.78. The molecule has 1 rings (SSSR count). The Balaban J connectivity index is 3.06. The number of hydrogen-bond acceptors (Lipinski definition) is 2. The topological polar surface area (TPSA) is 38.9 Å². The van der Waals surface area contributed by atoms with Crippen LogP contribution in [0, 0.1) is 0 Å². The maximum atomic E-state index is 12.5. The van der Waals surface area contributed by atoms with Crippen molar-refractivity contribution in [2.75, 3.05) is 5.73 Å². The molecule has 0 amide bonds. The van der Waals surface area contributed by atoms with E-state index in [0.717, 1.165) is 6.92 Å². The third-order valence-corrected chi connectivity index (χ3v) is 1.23. The highest BCUT2D eigenvalue weighted by molar-refractivity contribution is 5.38. The molecule has 0 atom stereocenters. The van der Waals surface area contributed by atoms with E-state index in [2.05, 4.69) is 4.98 Å². The zero-order valence-electron chi connectivity index (χ0n) is 6.01. The second kappa shape index (κ2) is 2.45. The molecule has 0 saturated heterocycles. The van der Waals surface area contributed by atoms with Crippen LogP contribution in [-0.4, -0.2) is 4.98 Å². The number of anilines is 1. The first-order valence-corrected chi connectivity index (χ1v) is 3.10. The molecule has 0 unspecified atom stereocenters. The van der Waals surface area contributed by atoms with E-state index in [4.69, 9.17) is 5.73 Å². The van der Waals surface area contributed by atoms with Crippen molar-refractivity contribution in [1.82, 2.24) is 4.98 Å². The Bertz CT molecular complexity index is 255. The number of alkyl halides is 2. The van der Waals surface area contributed by atoms with E-state index in [9.17, 15) is 8.78 Å². The molecule has 60 valence electrons. The van der Waals surface area contributed by atoms with Crippen molar-refractivity contribution in [2.45, 2.75) is 12.8 Å². The first-order valence-electron chi connectivity index (χ1n) is 3.10. The number of nitrogen functional groups attached to an aromatic ring is 1. The van der Waals surface area contributed by atoms with Crippen LogP contribution in [0.15, 0.2) is 18.3 Å². The van der Waals surface area contributed by atoms with Gasteiger partial charge in [-0.2, -0.15) is 8.78 Å². The molecule has 0 aromatic carbocycles. The van der Waals surface area contributed by atoms with Gasteiger partial charge in [-0.25, -0.2) is 0 Å². The van der Waals surface area contributed by atoms with Crippen LogP contribution >= 0.6 is 0 Å². The molecule has 2 nitrogen and oxygen atoms in total. The van der Waals surface area contributed by atoms with Gasteiger partial charge in [0.2, 0.25) is 0 Å². The van der Waals surface area contributed by atoms with Crippen molar-refractivity contribution in [3.05, 3.63) is 24.0 Å². The monoisotopic (exact) mass is 158 g/mol. The van der Waals surface area contributed by atoms with Gasteiger partial charge in [0.25, 0.3) is 5.92 Å². The Morgan fingerprint density at radius 1 is 1.55 bits per heavy atom. The molecule has 0 aliphatic carbocycles. The molecule has 1 heterocycles. The SMILES string of the molecule is CC(F)(F)c1cc(N)ccn1. The quantitative estimate of drug-likeness (QED) is 0.676. The fraction of sp³-hybridized carbons (Fsp3) is 0.286. The van der Waals surface area contributed by atoms with E-state index in [1.807, 2.05) is 0 Å². The minimum Gasteiger partial charge on any atom is -0.399 e. The standard InChI is InChI=1S/C7H8F2N2/c1-7(8,9)6-4-5(10)2-3-11-6/h2-4H,1H3,(H2,10,11). The van der Waals surface area contributed by atoms with Gasteiger partial charge in [-0.15, -0.1) is 0 Å². The van der Waals surface area contributed by atoms with Gasteiger partial charge in [0.15, 0.2) is 0 Å². The van der Waals surface area contributed by atoms with E-state index in [1.165, 1.54) is 18.3 Å². The minimum atomic E-state index is -2.91. The largest absolute Gasteiger partial charge is 0.399 e. The third-order valence-electron chi connectivity index (χ3n) is 1.23. The van der Waals surface area contributed by atoms with E-state index in [1.54, 1.807) is 0 Å². The molecule has 0 bridgehead atoms. The average molecular weight is 158 g/mol. The second-order valence-corrected chi connectivity index (χ2v) is 2.36. The fourth-order valence-electron chi connectivity index (χ4n) is 0.687. The minimum absolute atomic E-state index is 0.294. The number of aromatic nitrogens is 1. The number of hydrogen-bond donors (Lipinski definition) is 1. The molecular weight excluding hydrogens is 150 g/mol. The fourth-order valence-corrected chi connectivity index (χ4v) is 0.687. The predicted molar refractivity (Wildman–Crippen MR) is 38.2 cm³/mol. The smallest absolute Gasteiger partial charge is 0.287 e. The number of rotatable bonds is 1. The zero-order chi connectivity index (χ0) is 8.48. The van der Waals surface area contributed by atoms with Crippen LogP contribution in [0.5, 0.6) is 0 Å². The lowest BCUT2D eigenvalue weighted by Gasteiger charge is -2.08. The van der Waals surface area contributed by atoms with Gasteiger partial charge >= 0.3 is 0 Å². The molecule has 11 heavy (non-hydrogen) atoms. The van der Waals surface area contributed by atoms with Gasteiger partial charge < -0.3 is 5.73 Å². The summed E-state index contributed by atoms with van der Waals surface area (Å²) >= 11 is 0. The van der Waals surface area contributed by atoms with Crippen LogP contribution in [-0.2, 0) is 5.92 Å². The molecule has 2 N–H and O–H groups in total. The van der Waals surface area contributed by atoms with Crippen LogP contribution in [0.3, 0.4) is 0 Å². The third kappa shape index (κ3) is 1.86. The summed E-state index contributed by atoms with van der Waals surface area (Å²) in [6.45, 7) is 0.786. The summed E-state index contributed by atoms with van der Waals surface area (Å²) in [6.07, 6.45) is 1.27. The molecule has 0 fully saturated rings. The van der Waals surface area contributed by atoms with E-state index >= 15 is 0 Å². The molecule has 0 radical (unpaired) electrons. The van der Waals surface area contributed by atoms with Gasteiger partial charge in [-0.3, -0.25) is 4.98 Å². The van der Waals surface area contributed by atoms with Crippen molar-refractivity contribution in [3.63, 3.8) is 0 Å². The van der Waals surface area contributed by atoms with E-state index < -0.39 is 5.92 Å². The molecule has 0 spiro atoms. The average Bonchev–Trinajstić information content (AvgIpc) is 1.86. The molecule has 0 aliphatic rings. The molecular formula is C7H8F2N2. The summed E-state index contributed by atoms with van der Waals surface area (Å²) in [5.74, 6) is -2.91. The molecule has 1 aromatic heterocycles. The number of nitrogens with two attached hydrogens (primary N) is 1. The summed E-state index contributed by atoms with van der Waals surface area (Å²) in [5, 5.41) is 0. The van der Waals surface area contributed by atoms with Crippen molar-refractivity contribution >= 4 is 5.69 Å². The van der Waals surface area contributed by atoms with Crippen LogP contribution in [0.1, 0.15) is 12.6 Å². The maximum absolute atomic E-state index is 12.5. The maximum Gasteiger partial charge on any atom is 0.287 e. The summed E-state index contributed by atoms with van der Waals surface area (Å²) < 4.78 is 25.0. The first-order chi connectivity index (χ1) is 5.00. The Kier molecular flexibility index (Phi) is 1.76. The first kappa shape index (κ1) is 7.91. The zero-order valence-corrected chi connectivity index (χ0v) is 6.01. The Hall–Kier alpha value is -1.19. The van der Waals surface area contributed by atoms with Gasteiger partial charge in [-0.1, -0.05) is 0 Å². The second-order valence-electron chi connectivity index (χ2n) is 2.36. The number of nitrogens with zero attached hydrogens (tertiary/aromatic N) is 1. The molecule has 4 heteroatoms. The molecule has 1 aromatic rings. The highest BCUT2D eigenvalue weighted by Crippen LogP contribution is 2.25. The van der Waals surface area contributed by atoms with Crippen molar-refractivity contribution in [2.24, 2.45) is 0 Å². The van der Waals surface area contributed by atoms with Gasteiger partial charge in [0.05, 0.1) is 0 Å². The van der Waals surface area contributed by atoms with Gasteiger partial charge in [0.1, 0.15) is 5.69 Å². The van der Waals surface area contributed by atoms with Gasteiger partial charge in [-0.05, 0) is 12.1 Å². The van der Waals surface area contributed by atoms with E-state index in [-0.39, 0.29) is 5.69 Å². The van der Waals surface area contributed by atoms with Crippen molar-refractivity contribution in [1.29, 1.82) is 0 Å². The highest BCUT2D eigenvalue weighted by Gasteiger charge is 2.25. The molecule has 0 saturated carbocycles. The lowest BCUT2D eigenvalue weighted by atomic mass is 10.2. The summed E-state index contributed by atoms with van der Waals surface area (Å²) in [7, 11) is 0. The number of pyridine rings is 1. The van der Waals surface area contributed by atoms with Crippen molar-refractivity contribution in [3.8, 4) is 0 Å². The van der Waals surface area contributed by atoms with Crippen LogP contribution in [0.25, 0.3) is 0 Å². The molecule has 0 aliphatic heterocycles. The number of halogens is 2. The summed E-state index contributed by atoms with van der Waals surface area (Å²) in [5.41, 5.74) is 5.29. The Morgan fingerprint density at radius 3 is 2.55 bits per heavy atom. The van der Waals surface area contributed by atoms with Crippen LogP contribution in [0.2, 0.25) is 0 Å². The summed E-state index contributed by atoms with van der Waals surface area (Å²) in [6, 6.07) is 2.63. The highest BCUT2D eigenvalue weighted by atomic mass is 19.3. The van der Waals surface area contributed by atoms with Crippen LogP contribution < -0.4 is 5.73 Å². The lowest BCUT2D eigenvalue weighted by Crippen LogP contribution is -2.09. The lowest BCUT2D eigenvalue weighted by molar-refractivity contribution is 0.0128. The van der Waals surface area contributed by atoms with Crippen molar-refractivity contribution < 1.29 is 8.78 Å². The Labute approximate surface area is 63.1 Å². The Morgan fingerprint density at radius 2 is 2.18 bits per heavy atom. The summed E-state index contributed by atoms with van der Waals surface area (Å²) in [4.78, 5) is 3.48. The van der Waals surface area contributed by atoms with E-state index in [0.29, 0.717) is 5.69 Å². The van der Waals surface area contributed by atoms with Gasteiger partial charge in [0, 0.05) is 18.8 Å². The normalized spacial score (nSPS) is 11.5. The van der Waals surface area contributed by atoms with Crippen LogP contribution in [0.4, 0.5) is 14.5 Å².